The number of benzene rings is 1. The lowest BCUT2D eigenvalue weighted by molar-refractivity contribution is -0.130. The van der Waals surface area contributed by atoms with Crippen LogP contribution >= 0.6 is 23.1 Å². The summed E-state index contributed by atoms with van der Waals surface area (Å²) in [6, 6.07) is 6.18. The summed E-state index contributed by atoms with van der Waals surface area (Å²) in [4.78, 5) is 14.4. The van der Waals surface area contributed by atoms with Gasteiger partial charge in [0.2, 0.25) is 11.0 Å². The number of carbonyl (C=O) groups excluding carboxylic acids is 1. The van der Waals surface area contributed by atoms with Gasteiger partial charge in [0.25, 0.3) is 0 Å². The van der Waals surface area contributed by atoms with Gasteiger partial charge in [-0.05, 0) is 36.5 Å². The molecule has 0 saturated carbocycles. The van der Waals surface area contributed by atoms with E-state index in [0.29, 0.717) is 28.4 Å². The Bertz CT molecular complexity index is 729. The van der Waals surface area contributed by atoms with Crippen molar-refractivity contribution in [3.05, 3.63) is 30.1 Å². The maximum atomic E-state index is 13.2. The Morgan fingerprint density at radius 2 is 2.12 bits per heavy atom. The minimum Gasteiger partial charge on any atom is -0.341 e. The number of carbonyl (C=O) groups is 1. The van der Waals surface area contributed by atoms with E-state index in [1.54, 1.807) is 12.1 Å². The normalized spacial score (nSPS) is 20.5. The molecule has 5 nitrogen and oxygen atoms in total. The smallest absolute Gasteiger partial charge is 0.233 e. The third-order valence-electron chi connectivity index (χ3n) is 4.02. The van der Waals surface area contributed by atoms with E-state index in [9.17, 15) is 9.18 Å². The van der Waals surface area contributed by atoms with Crippen LogP contribution in [0.4, 0.5) is 15.2 Å². The number of likely N-dealkylation sites (tertiary alicyclic amines) is 1. The second-order valence-electron chi connectivity index (χ2n) is 6.54. The largest absolute Gasteiger partial charge is 0.341 e. The molecule has 0 unspecified atom stereocenters. The Hall–Kier alpha value is -1.67. The topological polar surface area (TPSA) is 58.1 Å². The minimum absolute atomic E-state index is 0.151. The molecule has 0 radical (unpaired) electrons. The van der Waals surface area contributed by atoms with Crippen LogP contribution < -0.4 is 5.32 Å². The summed E-state index contributed by atoms with van der Waals surface area (Å²) in [5, 5.41) is 11.7. The summed E-state index contributed by atoms with van der Waals surface area (Å²) in [6.07, 6.45) is 1.18. The molecule has 3 rings (SSSR count). The number of halogens is 1. The van der Waals surface area contributed by atoms with Gasteiger partial charge in [0.1, 0.15) is 5.82 Å². The number of anilines is 2. The molecule has 1 aliphatic heterocycles. The molecule has 2 aromatic rings. The Balaban J connectivity index is 1.52. The zero-order chi connectivity index (χ0) is 17.8. The van der Waals surface area contributed by atoms with Crippen molar-refractivity contribution < 1.29 is 9.18 Å². The monoisotopic (exact) mass is 380 g/mol. The number of hydrogen-bond acceptors (Lipinski definition) is 6. The molecular formula is C17H21FN4OS2. The molecule has 25 heavy (non-hydrogen) atoms. The number of nitrogens with one attached hydrogen (secondary N) is 1. The van der Waals surface area contributed by atoms with E-state index in [1.807, 2.05) is 4.90 Å². The first kappa shape index (κ1) is 18.1. The molecule has 1 fully saturated rings. The van der Waals surface area contributed by atoms with Gasteiger partial charge in [0.05, 0.1) is 5.75 Å². The summed E-state index contributed by atoms with van der Waals surface area (Å²) in [5.74, 6) is 1.33. The first-order valence-corrected chi connectivity index (χ1v) is 10.1. The average Bonchev–Trinajstić information content (AvgIpc) is 2.99. The summed E-state index contributed by atoms with van der Waals surface area (Å²) < 4.78 is 13.9. The van der Waals surface area contributed by atoms with E-state index in [2.05, 4.69) is 29.4 Å². The zero-order valence-electron chi connectivity index (χ0n) is 14.2. The van der Waals surface area contributed by atoms with Crippen molar-refractivity contribution in [1.82, 2.24) is 15.1 Å². The van der Waals surface area contributed by atoms with Gasteiger partial charge in [-0.1, -0.05) is 43.0 Å². The number of nitrogens with zero attached hydrogens (tertiary/aromatic N) is 3. The molecule has 1 saturated heterocycles. The maximum Gasteiger partial charge on any atom is 0.233 e. The van der Waals surface area contributed by atoms with Gasteiger partial charge in [-0.15, -0.1) is 10.2 Å². The third-order valence-corrected chi connectivity index (χ3v) is 5.98. The number of hydrogen-bond donors (Lipinski definition) is 1. The van der Waals surface area contributed by atoms with E-state index in [4.69, 9.17) is 0 Å². The van der Waals surface area contributed by atoms with Gasteiger partial charge in [0.15, 0.2) is 4.34 Å². The molecule has 2 atom stereocenters. The highest BCUT2D eigenvalue weighted by molar-refractivity contribution is 8.01. The van der Waals surface area contributed by atoms with Crippen LogP contribution in [-0.2, 0) is 4.79 Å². The second kappa shape index (κ2) is 8.14. The number of piperidine rings is 1. The molecule has 1 amide bonds. The van der Waals surface area contributed by atoms with Gasteiger partial charge in [0, 0.05) is 18.8 Å². The molecule has 8 heteroatoms. The molecule has 1 aromatic carbocycles. The van der Waals surface area contributed by atoms with Gasteiger partial charge in [-0.25, -0.2) is 4.39 Å². The summed E-state index contributed by atoms with van der Waals surface area (Å²) in [5.41, 5.74) is 0.625. The van der Waals surface area contributed by atoms with Gasteiger partial charge >= 0.3 is 0 Å². The van der Waals surface area contributed by atoms with Crippen LogP contribution in [0.25, 0.3) is 0 Å². The second-order valence-corrected chi connectivity index (χ2v) is 8.74. The minimum atomic E-state index is -0.306. The van der Waals surface area contributed by atoms with Crippen molar-refractivity contribution in [2.75, 3.05) is 24.2 Å². The molecule has 1 N–H and O–H groups in total. The average molecular weight is 381 g/mol. The molecular weight excluding hydrogens is 359 g/mol. The SMILES string of the molecule is C[C@H]1C[C@H](C)CN(C(=O)CSc2nnc(Nc3cccc(F)c3)s2)C1. The Morgan fingerprint density at radius 3 is 2.84 bits per heavy atom. The van der Waals surface area contributed by atoms with Crippen molar-refractivity contribution in [3.63, 3.8) is 0 Å². The van der Waals surface area contributed by atoms with E-state index in [-0.39, 0.29) is 11.7 Å². The van der Waals surface area contributed by atoms with Crippen molar-refractivity contribution in [1.29, 1.82) is 0 Å². The molecule has 2 heterocycles. The lowest BCUT2D eigenvalue weighted by Crippen LogP contribution is -2.43. The predicted octanol–water partition coefficient (Wildman–Crippen LogP) is 4.02. The number of thioether (sulfide) groups is 1. The van der Waals surface area contributed by atoms with Gasteiger partial charge in [-0.3, -0.25) is 4.79 Å². The predicted molar refractivity (Wildman–Crippen MR) is 99.8 cm³/mol. The van der Waals surface area contributed by atoms with E-state index in [0.717, 1.165) is 17.4 Å². The fourth-order valence-corrected chi connectivity index (χ4v) is 4.76. The molecule has 134 valence electrons. The standard InChI is InChI=1S/C17H21FN4OS2/c1-11-6-12(2)9-22(8-11)15(23)10-24-17-21-20-16(25-17)19-14-5-3-4-13(18)7-14/h3-5,7,11-12H,6,8-10H2,1-2H3,(H,19,20)/t11-,12-/m0/s1. The molecule has 1 aliphatic rings. The van der Waals surface area contributed by atoms with Crippen LogP contribution in [0, 0.1) is 17.7 Å². The summed E-state index contributed by atoms with van der Waals surface area (Å²) in [6.45, 7) is 6.06. The maximum absolute atomic E-state index is 13.2. The van der Waals surface area contributed by atoms with Gasteiger partial charge in [-0.2, -0.15) is 0 Å². The quantitative estimate of drug-likeness (QED) is 0.794. The highest BCUT2D eigenvalue weighted by Crippen LogP contribution is 2.29. The Morgan fingerprint density at radius 1 is 1.36 bits per heavy atom. The highest BCUT2D eigenvalue weighted by Gasteiger charge is 2.25. The van der Waals surface area contributed by atoms with Crippen molar-refractivity contribution in [2.45, 2.75) is 24.6 Å². The molecule has 0 spiro atoms. The third kappa shape index (κ3) is 5.15. The highest BCUT2D eigenvalue weighted by atomic mass is 32.2. The lowest BCUT2D eigenvalue weighted by Gasteiger charge is -2.34. The molecule has 0 bridgehead atoms. The Kier molecular flexibility index (Phi) is 5.90. The zero-order valence-corrected chi connectivity index (χ0v) is 15.9. The number of aromatic nitrogens is 2. The summed E-state index contributed by atoms with van der Waals surface area (Å²) >= 11 is 2.76. The number of rotatable bonds is 5. The van der Waals surface area contributed by atoms with Crippen LogP contribution in [0.3, 0.4) is 0 Å². The molecule has 1 aromatic heterocycles. The van der Waals surface area contributed by atoms with Crippen molar-refractivity contribution in [2.24, 2.45) is 11.8 Å². The van der Waals surface area contributed by atoms with E-state index >= 15 is 0 Å². The van der Waals surface area contributed by atoms with E-state index in [1.165, 1.54) is 41.7 Å². The van der Waals surface area contributed by atoms with Crippen LogP contribution in [0.2, 0.25) is 0 Å². The van der Waals surface area contributed by atoms with E-state index < -0.39 is 0 Å². The molecule has 0 aliphatic carbocycles. The first-order chi connectivity index (χ1) is 12.0. The van der Waals surface area contributed by atoms with Crippen molar-refractivity contribution >= 4 is 39.8 Å². The van der Waals surface area contributed by atoms with Crippen LogP contribution in [0.15, 0.2) is 28.6 Å². The fourth-order valence-electron chi connectivity index (χ4n) is 3.09. The first-order valence-electron chi connectivity index (χ1n) is 8.26. The lowest BCUT2D eigenvalue weighted by atomic mass is 9.92. The summed E-state index contributed by atoms with van der Waals surface area (Å²) in [7, 11) is 0. The van der Waals surface area contributed by atoms with Crippen LogP contribution in [-0.4, -0.2) is 39.8 Å². The van der Waals surface area contributed by atoms with Crippen molar-refractivity contribution in [3.8, 4) is 0 Å². The van der Waals surface area contributed by atoms with Crippen LogP contribution in [0.1, 0.15) is 20.3 Å². The Labute approximate surface area is 155 Å². The van der Waals surface area contributed by atoms with Gasteiger partial charge < -0.3 is 10.2 Å². The fraction of sp³-hybridized carbons (Fsp3) is 0.471. The number of amides is 1. The van der Waals surface area contributed by atoms with Crippen LogP contribution in [0.5, 0.6) is 0 Å².